The Morgan fingerprint density at radius 1 is 1.33 bits per heavy atom. The van der Waals surface area contributed by atoms with Crippen LogP contribution in [0.1, 0.15) is 28.8 Å². The molecule has 0 unspecified atom stereocenters. The van der Waals surface area contributed by atoms with Crippen molar-refractivity contribution in [2.24, 2.45) is 0 Å². The fourth-order valence-corrected chi connectivity index (χ4v) is 2.22. The summed E-state index contributed by atoms with van der Waals surface area (Å²) in [6.45, 7) is 2.41. The number of rotatable bonds is 2. The zero-order valence-corrected chi connectivity index (χ0v) is 10.1. The van der Waals surface area contributed by atoms with E-state index in [4.69, 9.17) is 5.11 Å². The molecule has 0 aromatic heterocycles. The fourth-order valence-electron chi connectivity index (χ4n) is 2.22. The molecule has 1 aromatic carbocycles. The predicted octanol–water partition coefficient (Wildman–Crippen LogP) is 2.93. The molecule has 0 radical (unpaired) electrons. The number of anilines is 1. The van der Waals surface area contributed by atoms with Gasteiger partial charge in [-0.05, 0) is 30.7 Å². The summed E-state index contributed by atoms with van der Waals surface area (Å²) in [4.78, 5) is 12.7. The van der Waals surface area contributed by atoms with Gasteiger partial charge in [0.25, 0.3) is 5.92 Å². The van der Waals surface area contributed by atoms with Gasteiger partial charge >= 0.3 is 5.97 Å². The van der Waals surface area contributed by atoms with E-state index in [1.165, 1.54) is 6.07 Å². The Hall–Kier alpha value is -1.65. The minimum absolute atomic E-state index is 0.146. The third-order valence-electron chi connectivity index (χ3n) is 3.28. The van der Waals surface area contributed by atoms with Gasteiger partial charge in [0.05, 0.1) is 5.56 Å². The fraction of sp³-hybridized carbons (Fsp3) is 0.462. The molecule has 1 fully saturated rings. The molecule has 1 heterocycles. The highest BCUT2D eigenvalue weighted by atomic mass is 19.3. The summed E-state index contributed by atoms with van der Waals surface area (Å²) in [6.07, 6.45) is -0.291. The van der Waals surface area contributed by atoms with Gasteiger partial charge < -0.3 is 10.0 Å². The van der Waals surface area contributed by atoms with Crippen molar-refractivity contribution in [1.82, 2.24) is 0 Å². The number of carbonyl (C=O) groups is 1. The number of aromatic carboxylic acids is 1. The second kappa shape index (κ2) is 4.55. The van der Waals surface area contributed by atoms with E-state index in [2.05, 4.69) is 0 Å². The van der Waals surface area contributed by atoms with Crippen LogP contribution in [0.25, 0.3) is 0 Å². The van der Waals surface area contributed by atoms with Crippen molar-refractivity contribution in [3.05, 3.63) is 29.3 Å². The number of nitrogens with zero attached hydrogens (tertiary/aromatic N) is 1. The summed E-state index contributed by atoms with van der Waals surface area (Å²) in [5.74, 6) is -3.54. The van der Waals surface area contributed by atoms with Gasteiger partial charge in [-0.3, -0.25) is 0 Å². The van der Waals surface area contributed by atoms with Gasteiger partial charge in [0.15, 0.2) is 0 Å². The Morgan fingerprint density at radius 3 is 2.44 bits per heavy atom. The number of aryl methyl sites for hydroxylation is 1. The smallest absolute Gasteiger partial charge is 0.335 e. The molecular formula is C13H15F2NO2. The molecule has 18 heavy (non-hydrogen) atoms. The van der Waals surface area contributed by atoms with Crippen molar-refractivity contribution < 1.29 is 18.7 Å². The monoisotopic (exact) mass is 255 g/mol. The zero-order valence-electron chi connectivity index (χ0n) is 10.1. The van der Waals surface area contributed by atoms with Crippen molar-refractivity contribution in [2.75, 3.05) is 18.0 Å². The van der Waals surface area contributed by atoms with Crippen LogP contribution in [0, 0.1) is 6.92 Å². The minimum atomic E-state index is -2.56. The van der Waals surface area contributed by atoms with Crippen LogP contribution in [-0.4, -0.2) is 30.1 Å². The lowest BCUT2D eigenvalue weighted by Gasteiger charge is -2.34. The van der Waals surface area contributed by atoms with E-state index in [0.717, 1.165) is 11.3 Å². The zero-order chi connectivity index (χ0) is 13.3. The number of hydrogen-bond donors (Lipinski definition) is 1. The Bertz CT molecular complexity index is 464. The van der Waals surface area contributed by atoms with Crippen LogP contribution in [-0.2, 0) is 0 Å². The molecule has 1 aliphatic heterocycles. The van der Waals surface area contributed by atoms with Crippen molar-refractivity contribution in [3.63, 3.8) is 0 Å². The van der Waals surface area contributed by atoms with Gasteiger partial charge in [0.1, 0.15) is 0 Å². The molecule has 98 valence electrons. The molecule has 2 rings (SSSR count). The molecule has 0 saturated carbocycles. The summed E-state index contributed by atoms with van der Waals surface area (Å²) in [5.41, 5.74) is 1.87. The Morgan fingerprint density at radius 2 is 1.94 bits per heavy atom. The van der Waals surface area contributed by atoms with Gasteiger partial charge in [0.2, 0.25) is 0 Å². The molecule has 1 aliphatic rings. The molecular weight excluding hydrogens is 240 g/mol. The number of hydrogen-bond acceptors (Lipinski definition) is 2. The van der Waals surface area contributed by atoms with Crippen LogP contribution >= 0.6 is 0 Å². The second-order valence-electron chi connectivity index (χ2n) is 4.65. The van der Waals surface area contributed by atoms with E-state index < -0.39 is 11.9 Å². The van der Waals surface area contributed by atoms with E-state index >= 15 is 0 Å². The van der Waals surface area contributed by atoms with Crippen LogP contribution in [0.15, 0.2) is 18.2 Å². The quantitative estimate of drug-likeness (QED) is 0.883. The number of carboxylic acid groups (broad SMARTS) is 1. The van der Waals surface area contributed by atoms with Gasteiger partial charge in [0, 0.05) is 31.6 Å². The highest BCUT2D eigenvalue weighted by molar-refractivity contribution is 5.88. The maximum Gasteiger partial charge on any atom is 0.335 e. The number of halogens is 2. The number of benzene rings is 1. The molecule has 3 nitrogen and oxygen atoms in total. The summed E-state index contributed by atoms with van der Waals surface area (Å²) in [6, 6.07) is 4.78. The van der Waals surface area contributed by atoms with E-state index in [9.17, 15) is 13.6 Å². The SMILES string of the molecule is Cc1cc(C(=O)O)ccc1N1CCC(F)(F)CC1. The highest BCUT2D eigenvalue weighted by Crippen LogP contribution is 2.31. The van der Waals surface area contributed by atoms with Gasteiger partial charge in [-0.2, -0.15) is 0 Å². The standard InChI is InChI=1S/C13H15F2NO2/c1-9-8-10(12(17)18)2-3-11(9)16-6-4-13(14,15)5-7-16/h2-3,8H,4-7H2,1H3,(H,17,18). The van der Waals surface area contributed by atoms with E-state index in [1.54, 1.807) is 19.1 Å². The van der Waals surface area contributed by atoms with E-state index in [1.807, 2.05) is 4.90 Å². The third kappa shape index (κ3) is 2.60. The molecule has 0 amide bonds. The highest BCUT2D eigenvalue weighted by Gasteiger charge is 2.34. The van der Waals surface area contributed by atoms with Gasteiger partial charge in [-0.25, -0.2) is 13.6 Å². The maximum atomic E-state index is 13.1. The average molecular weight is 255 g/mol. The lowest BCUT2D eigenvalue weighted by atomic mass is 10.0. The number of alkyl halides is 2. The average Bonchev–Trinajstić information content (AvgIpc) is 2.29. The first-order valence-corrected chi connectivity index (χ1v) is 5.86. The van der Waals surface area contributed by atoms with Crippen LogP contribution in [0.3, 0.4) is 0 Å². The molecule has 5 heteroatoms. The Labute approximate surface area is 104 Å². The molecule has 1 N–H and O–H groups in total. The first-order valence-electron chi connectivity index (χ1n) is 5.86. The lowest BCUT2D eigenvalue weighted by Crippen LogP contribution is -2.39. The summed E-state index contributed by atoms with van der Waals surface area (Å²) in [7, 11) is 0. The van der Waals surface area contributed by atoms with Crippen molar-refractivity contribution in [1.29, 1.82) is 0 Å². The number of piperidine rings is 1. The predicted molar refractivity (Wildman–Crippen MR) is 64.5 cm³/mol. The summed E-state index contributed by atoms with van der Waals surface area (Å²) in [5, 5.41) is 8.87. The maximum absolute atomic E-state index is 13.1. The first-order chi connectivity index (χ1) is 8.39. The Balaban J connectivity index is 2.17. The molecule has 0 bridgehead atoms. The van der Waals surface area contributed by atoms with Crippen LogP contribution in [0.5, 0.6) is 0 Å². The second-order valence-corrected chi connectivity index (χ2v) is 4.65. The molecule has 0 aliphatic carbocycles. The Kier molecular flexibility index (Phi) is 3.24. The van der Waals surface area contributed by atoms with Gasteiger partial charge in [-0.15, -0.1) is 0 Å². The first kappa shape index (κ1) is 12.8. The largest absolute Gasteiger partial charge is 0.478 e. The molecule has 0 atom stereocenters. The topological polar surface area (TPSA) is 40.5 Å². The normalized spacial score (nSPS) is 18.7. The van der Waals surface area contributed by atoms with Crippen LogP contribution in [0.4, 0.5) is 14.5 Å². The minimum Gasteiger partial charge on any atom is -0.478 e. The van der Waals surface area contributed by atoms with Crippen molar-refractivity contribution in [3.8, 4) is 0 Å². The van der Waals surface area contributed by atoms with Crippen molar-refractivity contribution >= 4 is 11.7 Å². The van der Waals surface area contributed by atoms with Crippen LogP contribution < -0.4 is 4.90 Å². The third-order valence-corrected chi connectivity index (χ3v) is 3.28. The molecule has 0 spiro atoms. The van der Waals surface area contributed by atoms with Crippen LogP contribution in [0.2, 0.25) is 0 Å². The summed E-state index contributed by atoms with van der Waals surface area (Å²) >= 11 is 0. The number of carboxylic acids is 1. The molecule has 1 aromatic rings. The molecule has 1 saturated heterocycles. The van der Waals surface area contributed by atoms with Crippen molar-refractivity contribution in [2.45, 2.75) is 25.7 Å². The lowest BCUT2D eigenvalue weighted by molar-refractivity contribution is -0.0220. The van der Waals surface area contributed by atoms with E-state index in [0.29, 0.717) is 13.1 Å². The van der Waals surface area contributed by atoms with Gasteiger partial charge in [-0.1, -0.05) is 0 Å². The summed E-state index contributed by atoms with van der Waals surface area (Å²) < 4.78 is 26.1. The van der Waals surface area contributed by atoms with E-state index in [-0.39, 0.29) is 18.4 Å².